The van der Waals surface area contributed by atoms with Crippen molar-refractivity contribution < 1.29 is 9.84 Å². The molecule has 2 heterocycles. The van der Waals surface area contributed by atoms with Gasteiger partial charge in [0.1, 0.15) is 23.2 Å². The highest BCUT2D eigenvalue weighted by Gasteiger charge is 2.32. The molecule has 0 radical (unpaired) electrons. The first-order valence-corrected chi connectivity index (χ1v) is 8.54. The molecule has 6 heteroatoms. The summed E-state index contributed by atoms with van der Waals surface area (Å²) in [6.07, 6.45) is 0.0179. The zero-order chi connectivity index (χ0) is 18.3. The number of anilines is 1. The zero-order valence-corrected chi connectivity index (χ0v) is 14.7. The second-order valence-electron chi connectivity index (χ2n) is 6.49. The van der Waals surface area contributed by atoms with E-state index in [0.29, 0.717) is 17.1 Å². The Morgan fingerprint density at radius 3 is 2.65 bits per heavy atom. The number of nitrogens with one attached hydrogen (secondary N) is 2. The summed E-state index contributed by atoms with van der Waals surface area (Å²) in [5.41, 5.74) is 2.85. The number of benzene rings is 2. The Balaban J connectivity index is 1.71. The number of imidazole rings is 1. The first kappa shape index (κ1) is 16.2. The van der Waals surface area contributed by atoms with Crippen molar-refractivity contribution in [3.8, 4) is 5.75 Å². The number of aliphatic hydroxyl groups excluding tert-OH is 1. The Kier molecular flexibility index (Phi) is 3.88. The van der Waals surface area contributed by atoms with Gasteiger partial charge in [-0.1, -0.05) is 24.3 Å². The lowest BCUT2D eigenvalue weighted by Crippen LogP contribution is -2.27. The van der Waals surface area contributed by atoms with Crippen LogP contribution in [-0.2, 0) is 0 Å². The molecule has 0 fully saturated rings. The molecule has 2 aromatic carbocycles. The number of aromatic nitrogens is 2. The van der Waals surface area contributed by atoms with Crippen LogP contribution in [0.3, 0.4) is 0 Å². The smallest absolute Gasteiger partial charge is 0.145 e. The number of ether oxygens (including phenoxy) is 1. The van der Waals surface area contributed by atoms with Gasteiger partial charge in [-0.05, 0) is 38.1 Å². The van der Waals surface area contributed by atoms with Crippen LogP contribution in [0.1, 0.15) is 19.7 Å². The molecule has 26 heavy (non-hydrogen) atoms. The van der Waals surface area contributed by atoms with E-state index in [1.807, 2.05) is 62.4 Å². The average molecular weight is 348 g/mol. The van der Waals surface area contributed by atoms with E-state index in [-0.39, 0.29) is 24.2 Å². The predicted molar refractivity (Wildman–Crippen MR) is 103 cm³/mol. The first-order chi connectivity index (χ1) is 12.5. The molecule has 1 aromatic heterocycles. The number of para-hydroxylation sites is 4. The molecule has 3 N–H and O–H groups in total. The quantitative estimate of drug-likeness (QED) is 0.662. The van der Waals surface area contributed by atoms with Crippen LogP contribution in [0.5, 0.6) is 5.75 Å². The molecule has 0 amide bonds. The van der Waals surface area contributed by atoms with Crippen LogP contribution in [0, 0.1) is 5.41 Å². The molecule has 0 unspecified atom stereocenters. The average Bonchev–Trinajstić information content (AvgIpc) is 3.15. The zero-order valence-electron chi connectivity index (χ0n) is 14.7. The Morgan fingerprint density at radius 2 is 1.88 bits per heavy atom. The number of hydrogen-bond acceptors (Lipinski definition) is 4. The van der Waals surface area contributed by atoms with Gasteiger partial charge in [0.25, 0.3) is 0 Å². The van der Waals surface area contributed by atoms with Crippen LogP contribution in [0.25, 0.3) is 16.6 Å². The third kappa shape index (κ3) is 2.69. The van der Waals surface area contributed by atoms with Crippen molar-refractivity contribution in [1.29, 1.82) is 5.41 Å². The van der Waals surface area contributed by atoms with Gasteiger partial charge in [-0.25, -0.2) is 4.98 Å². The molecule has 1 aliphatic rings. The molecular formula is C20H20N4O2. The van der Waals surface area contributed by atoms with E-state index in [0.717, 1.165) is 16.7 Å². The molecule has 6 nitrogen and oxygen atoms in total. The van der Waals surface area contributed by atoms with Crippen LogP contribution in [0.15, 0.2) is 54.3 Å². The van der Waals surface area contributed by atoms with Crippen LogP contribution in [-0.4, -0.2) is 33.6 Å². The number of fused-ring (bicyclic) bond motifs is 1. The van der Waals surface area contributed by atoms with Gasteiger partial charge in [-0.2, -0.15) is 0 Å². The number of hydrogen-bond donors (Lipinski definition) is 3. The molecule has 0 spiro atoms. The molecule has 0 bridgehead atoms. The summed E-state index contributed by atoms with van der Waals surface area (Å²) in [5, 5.41) is 19.2. The fourth-order valence-electron chi connectivity index (χ4n) is 3.14. The fraction of sp³-hybridized carbons (Fsp3) is 0.200. The molecule has 3 aromatic rings. The van der Waals surface area contributed by atoms with Gasteiger partial charge >= 0.3 is 0 Å². The second-order valence-corrected chi connectivity index (χ2v) is 6.49. The monoisotopic (exact) mass is 348 g/mol. The molecule has 0 atom stereocenters. The van der Waals surface area contributed by atoms with Crippen molar-refractivity contribution in [2.24, 2.45) is 0 Å². The van der Waals surface area contributed by atoms with Crippen molar-refractivity contribution in [3.05, 3.63) is 60.1 Å². The van der Waals surface area contributed by atoms with E-state index in [2.05, 4.69) is 9.97 Å². The normalized spacial score (nSPS) is 14.7. The molecule has 0 saturated heterocycles. The number of aliphatic hydroxyl groups is 1. The van der Waals surface area contributed by atoms with E-state index in [1.165, 1.54) is 0 Å². The number of rotatable bonds is 4. The summed E-state index contributed by atoms with van der Waals surface area (Å²) in [7, 11) is 0. The highest BCUT2D eigenvalue weighted by atomic mass is 16.5. The highest BCUT2D eigenvalue weighted by molar-refractivity contribution is 6.30. The Bertz CT molecular complexity index is 986. The minimum Gasteiger partial charge on any atom is -0.509 e. The standard InChI is InChI=1S/C20H20N4O2/c1-12(2)26-17-10-6-5-9-15(17)24-11-16(25)18(19(24)21)20-22-13-7-3-4-8-14(13)23-20/h3-10,12,21,25H,11H2,1-2H3,(H,22,23). The minimum atomic E-state index is 0.0179. The van der Waals surface area contributed by atoms with Gasteiger partial charge in [0.15, 0.2) is 0 Å². The maximum Gasteiger partial charge on any atom is 0.145 e. The van der Waals surface area contributed by atoms with Gasteiger partial charge < -0.3 is 19.7 Å². The number of aromatic amines is 1. The first-order valence-electron chi connectivity index (χ1n) is 8.54. The Labute approximate surface area is 151 Å². The summed E-state index contributed by atoms with van der Waals surface area (Å²) in [5.74, 6) is 1.50. The van der Waals surface area contributed by atoms with Crippen molar-refractivity contribution in [2.75, 3.05) is 11.4 Å². The summed E-state index contributed by atoms with van der Waals surface area (Å²) in [4.78, 5) is 9.44. The van der Waals surface area contributed by atoms with Gasteiger partial charge in [0.05, 0.1) is 34.9 Å². The lowest BCUT2D eigenvalue weighted by atomic mass is 10.2. The lowest BCUT2D eigenvalue weighted by Gasteiger charge is -2.23. The Morgan fingerprint density at radius 1 is 1.15 bits per heavy atom. The maximum absolute atomic E-state index is 10.5. The minimum absolute atomic E-state index is 0.0179. The molecule has 1 aliphatic heterocycles. The third-order valence-corrected chi connectivity index (χ3v) is 4.25. The van der Waals surface area contributed by atoms with Gasteiger partial charge in [0.2, 0.25) is 0 Å². The molecule has 0 saturated carbocycles. The number of amidine groups is 1. The van der Waals surface area contributed by atoms with Crippen molar-refractivity contribution in [3.63, 3.8) is 0 Å². The Hall–Kier alpha value is -3.28. The summed E-state index contributed by atoms with van der Waals surface area (Å²) >= 11 is 0. The van der Waals surface area contributed by atoms with E-state index in [1.54, 1.807) is 4.90 Å². The predicted octanol–water partition coefficient (Wildman–Crippen LogP) is 4.12. The van der Waals surface area contributed by atoms with Crippen LogP contribution >= 0.6 is 0 Å². The van der Waals surface area contributed by atoms with Crippen molar-refractivity contribution >= 4 is 28.1 Å². The SMILES string of the molecule is CC(C)Oc1ccccc1N1CC(O)=C(c2nc3ccccc3[nH]2)C1=N. The van der Waals surface area contributed by atoms with Crippen molar-refractivity contribution in [1.82, 2.24) is 9.97 Å². The van der Waals surface area contributed by atoms with Crippen LogP contribution in [0.4, 0.5) is 5.69 Å². The fourth-order valence-corrected chi connectivity index (χ4v) is 3.14. The van der Waals surface area contributed by atoms with E-state index >= 15 is 0 Å². The third-order valence-electron chi connectivity index (χ3n) is 4.25. The van der Waals surface area contributed by atoms with E-state index in [9.17, 15) is 5.11 Å². The van der Waals surface area contributed by atoms with Crippen LogP contribution in [0.2, 0.25) is 0 Å². The van der Waals surface area contributed by atoms with Crippen LogP contribution < -0.4 is 9.64 Å². The molecule has 132 valence electrons. The highest BCUT2D eigenvalue weighted by Crippen LogP contribution is 2.36. The molecular weight excluding hydrogens is 328 g/mol. The van der Waals surface area contributed by atoms with Gasteiger partial charge in [0, 0.05) is 0 Å². The largest absolute Gasteiger partial charge is 0.509 e. The van der Waals surface area contributed by atoms with E-state index < -0.39 is 0 Å². The summed E-state index contributed by atoms with van der Waals surface area (Å²) < 4.78 is 5.87. The number of H-pyrrole nitrogens is 1. The lowest BCUT2D eigenvalue weighted by molar-refractivity contribution is 0.243. The maximum atomic E-state index is 10.5. The molecule has 4 rings (SSSR count). The van der Waals surface area contributed by atoms with E-state index in [4.69, 9.17) is 10.1 Å². The summed E-state index contributed by atoms with van der Waals surface area (Å²) in [6, 6.07) is 15.2. The number of nitrogens with zero attached hydrogens (tertiary/aromatic N) is 2. The van der Waals surface area contributed by atoms with Gasteiger partial charge in [-0.15, -0.1) is 0 Å². The second kappa shape index (κ2) is 6.22. The van der Waals surface area contributed by atoms with Crippen molar-refractivity contribution in [2.45, 2.75) is 20.0 Å². The summed E-state index contributed by atoms with van der Waals surface area (Å²) in [6.45, 7) is 4.13. The van der Waals surface area contributed by atoms with Gasteiger partial charge in [-0.3, -0.25) is 5.41 Å². The molecule has 0 aliphatic carbocycles. The topological polar surface area (TPSA) is 85.2 Å².